The van der Waals surface area contributed by atoms with Crippen LogP contribution < -0.4 is 0 Å². The Kier molecular flexibility index (Phi) is 8.29. The van der Waals surface area contributed by atoms with Gasteiger partial charge in [-0.05, 0) is 41.0 Å². The molecular weight excluding hydrogens is 479 g/mol. The molecule has 0 radical (unpaired) electrons. The molecule has 0 spiro atoms. The highest BCUT2D eigenvalue weighted by Gasteiger charge is 2.26. The zero-order valence-corrected chi connectivity index (χ0v) is 20.3. The molecule has 1 fully saturated rings. The maximum absolute atomic E-state index is 12.9. The van der Waals surface area contributed by atoms with Gasteiger partial charge in [-0.3, -0.25) is 9.69 Å². The lowest BCUT2D eigenvalue weighted by atomic mass is 10.0. The highest BCUT2D eigenvalue weighted by Crippen LogP contribution is 2.29. The fourth-order valence-electron chi connectivity index (χ4n) is 3.93. The van der Waals surface area contributed by atoms with Gasteiger partial charge in [-0.2, -0.15) is 0 Å². The van der Waals surface area contributed by atoms with Gasteiger partial charge in [0.05, 0.1) is 0 Å². The number of hydrogen-bond donors (Lipinski definition) is 0. The van der Waals surface area contributed by atoms with E-state index in [1.807, 2.05) is 83.8 Å². The molecule has 0 aliphatic carbocycles. The molecule has 3 aromatic rings. The molecule has 3 aromatic carbocycles. The Morgan fingerprint density at radius 3 is 1.79 bits per heavy atom. The lowest BCUT2D eigenvalue weighted by Crippen LogP contribution is -2.49. The number of hydrogen-bond acceptors (Lipinski definition) is 3. The van der Waals surface area contributed by atoms with E-state index >= 15 is 0 Å². The number of alkyl halides is 1. The van der Waals surface area contributed by atoms with Gasteiger partial charge < -0.3 is 9.64 Å². The molecule has 1 heterocycles. The number of piperazine rings is 1. The fraction of sp³-hybridized carbons (Fsp3) is 0.269. The molecule has 4 rings (SSSR count). The van der Waals surface area contributed by atoms with Crippen LogP contribution in [0, 0.1) is 0 Å². The van der Waals surface area contributed by atoms with Gasteiger partial charge in [0.25, 0.3) is 0 Å². The normalized spacial score (nSPS) is 15.6. The predicted molar refractivity (Wildman–Crippen MR) is 134 cm³/mol. The molecule has 172 valence electrons. The Balaban J connectivity index is 1.37. The number of amides is 1. The molecule has 0 bridgehead atoms. The number of ether oxygens (including phenoxy) is 1. The van der Waals surface area contributed by atoms with Crippen LogP contribution in [0.2, 0.25) is 10.0 Å². The second-order valence-corrected chi connectivity index (χ2v) is 9.24. The van der Waals surface area contributed by atoms with E-state index in [1.165, 1.54) is 0 Å². The smallest absolute Gasteiger partial charge is 0.248 e. The summed E-state index contributed by atoms with van der Waals surface area (Å²) in [6.07, 6.45) is -0.393. The van der Waals surface area contributed by atoms with Crippen molar-refractivity contribution in [1.82, 2.24) is 9.80 Å². The van der Waals surface area contributed by atoms with Crippen molar-refractivity contribution in [2.24, 2.45) is 0 Å². The molecule has 7 heteroatoms. The summed E-state index contributed by atoms with van der Waals surface area (Å²) < 4.78 is 6.14. The molecule has 1 unspecified atom stereocenters. The van der Waals surface area contributed by atoms with Gasteiger partial charge in [-0.15, -0.1) is 11.6 Å². The molecule has 1 aliphatic rings. The molecule has 4 nitrogen and oxygen atoms in total. The van der Waals surface area contributed by atoms with Gasteiger partial charge in [0.2, 0.25) is 5.91 Å². The van der Waals surface area contributed by atoms with E-state index in [9.17, 15) is 4.79 Å². The molecule has 1 aliphatic heterocycles. The Hall–Kier alpha value is -2.08. The van der Waals surface area contributed by atoms with Crippen molar-refractivity contribution in [3.63, 3.8) is 0 Å². The maximum Gasteiger partial charge on any atom is 0.248 e. The Labute approximate surface area is 209 Å². The van der Waals surface area contributed by atoms with E-state index < -0.39 is 6.10 Å². The third-order valence-electron chi connectivity index (χ3n) is 5.78. The minimum atomic E-state index is -0.393. The quantitative estimate of drug-likeness (QED) is 0.285. The minimum Gasteiger partial charge on any atom is -0.359 e. The topological polar surface area (TPSA) is 32.8 Å². The molecular formula is C26H25Cl3N2O2. The Morgan fingerprint density at radius 1 is 0.758 bits per heavy atom. The second-order valence-electron chi connectivity index (χ2n) is 7.96. The van der Waals surface area contributed by atoms with E-state index in [-0.39, 0.29) is 18.0 Å². The minimum absolute atomic E-state index is 0.0150. The Morgan fingerprint density at radius 2 is 1.27 bits per heavy atom. The standard InChI is InChI=1S/C26H25Cl3N2O2/c27-22-10-6-19(7-11-22)25(20-8-12-23(28)13-9-20)33-18-24(32)30-14-16-31(17-15-30)26(29)21-4-2-1-3-5-21/h1-13,25-26H,14-18H2. The van der Waals surface area contributed by atoms with Crippen molar-refractivity contribution in [2.45, 2.75) is 11.6 Å². The van der Waals surface area contributed by atoms with Crippen LogP contribution in [0.1, 0.15) is 28.3 Å². The SMILES string of the molecule is O=C(COC(c1ccc(Cl)cc1)c1ccc(Cl)cc1)N1CCN(C(Cl)c2ccccc2)CC1. The monoisotopic (exact) mass is 502 g/mol. The summed E-state index contributed by atoms with van der Waals surface area (Å²) in [4.78, 5) is 17.0. The van der Waals surface area contributed by atoms with Crippen LogP contribution in [0.25, 0.3) is 0 Å². The summed E-state index contributed by atoms with van der Waals surface area (Å²) >= 11 is 18.8. The van der Waals surface area contributed by atoms with Crippen LogP contribution in [0.5, 0.6) is 0 Å². The number of rotatable bonds is 7. The lowest BCUT2D eigenvalue weighted by Gasteiger charge is -2.37. The second kappa shape index (κ2) is 11.4. The van der Waals surface area contributed by atoms with Crippen molar-refractivity contribution >= 4 is 40.7 Å². The first kappa shape index (κ1) is 24.1. The van der Waals surface area contributed by atoms with Crippen LogP contribution >= 0.6 is 34.8 Å². The number of halogens is 3. The van der Waals surface area contributed by atoms with E-state index in [0.29, 0.717) is 36.2 Å². The van der Waals surface area contributed by atoms with E-state index in [4.69, 9.17) is 39.5 Å². The third-order valence-corrected chi connectivity index (χ3v) is 6.81. The van der Waals surface area contributed by atoms with Crippen molar-refractivity contribution in [3.8, 4) is 0 Å². The van der Waals surface area contributed by atoms with Gasteiger partial charge in [0.1, 0.15) is 18.2 Å². The molecule has 0 saturated carbocycles. The highest BCUT2D eigenvalue weighted by atomic mass is 35.5. The van der Waals surface area contributed by atoms with Crippen molar-refractivity contribution in [3.05, 3.63) is 106 Å². The van der Waals surface area contributed by atoms with Crippen LogP contribution in [-0.2, 0) is 9.53 Å². The molecule has 0 aromatic heterocycles. The summed E-state index contributed by atoms with van der Waals surface area (Å²) in [6, 6.07) is 24.9. The number of nitrogens with zero attached hydrogens (tertiary/aromatic N) is 2. The van der Waals surface area contributed by atoms with E-state index in [1.54, 1.807) is 0 Å². The number of carbonyl (C=O) groups is 1. The first-order chi connectivity index (χ1) is 16.0. The van der Waals surface area contributed by atoms with E-state index in [0.717, 1.165) is 16.7 Å². The summed E-state index contributed by atoms with van der Waals surface area (Å²) in [5.74, 6) is -0.0339. The van der Waals surface area contributed by atoms with Gasteiger partial charge >= 0.3 is 0 Å². The summed E-state index contributed by atoms with van der Waals surface area (Å²) in [5.41, 5.74) is 2.72. The zero-order valence-electron chi connectivity index (χ0n) is 18.0. The van der Waals surface area contributed by atoms with Crippen molar-refractivity contribution in [2.75, 3.05) is 32.8 Å². The first-order valence-electron chi connectivity index (χ1n) is 10.8. The maximum atomic E-state index is 12.9. The number of carbonyl (C=O) groups excluding carboxylic acids is 1. The lowest BCUT2D eigenvalue weighted by molar-refractivity contribution is -0.139. The van der Waals surface area contributed by atoms with Crippen molar-refractivity contribution in [1.29, 1.82) is 0 Å². The van der Waals surface area contributed by atoms with Crippen LogP contribution in [0.15, 0.2) is 78.9 Å². The Bertz CT molecular complexity index is 992. The van der Waals surface area contributed by atoms with E-state index in [2.05, 4.69) is 4.90 Å². The van der Waals surface area contributed by atoms with Gasteiger partial charge in [-0.25, -0.2) is 0 Å². The predicted octanol–water partition coefficient (Wildman–Crippen LogP) is 6.18. The highest BCUT2D eigenvalue weighted by molar-refractivity contribution is 6.30. The molecule has 1 atom stereocenters. The van der Waals surface area contributed by atoms with Gasteiger partial charge in [-0.1, -0.05) is 77.8 Å². The van der Waals surface area contributed by atoms with Crippen LogP contribution in [0.4, 0.5) is 0 Å². The van der Waals surface area contributed by atoms with Gasteiger partial charge in [0.15, 0.2) is 0 Å². The zero-order chi connectivity index (χ0) is 23.2. The van der Waals surface area contributed by atoms with Crippen LogP contribution in [0.3, 0.4) is 0 Å². The van der Waals surface area contributed by atoms with Gasteiger partial charge in [0, 0.05) is 36.2 Å². The molecule has 33 heavy (non-hydrogen) atoms. The largest absolute Gasteiger partial charge is 0.359 e. The molecule has 1 saturated heterocycles. The van der Waals surface area contributed by atoms with Crippen molar-refractivity contribution < 1.29 is 9.53 Å². The number of benzene rings is 3. The average molecular weight is 504 g/mol. The first-order valence-corrected chi connectivity index (χ1v) is 12.0. The summed E-state index contributed by atoms with van der Waals surface area (Å²) in [7, 11) is 0. The summed E-state index contributed by atoms with van der Waals surface area (Å²) in [5, 5.41) is 1.30. The summed E-state index contributed by atoms with van der Waals surface area (Å²) in [6.45, 7) is 2.65. The van der Waals surface area contributed by atoms with Crippen LogP contribution in [-0.4, -0.2) is 48.5 Å². The molecule has 1 amide bonds. The fourth-order valence-corrected chi connectivity index (χ4v) is 4.52. The average Bonchev–Trinajstić information content (AvgIpc) is 2.86. The molecule has 0 N–H and O–H groups in total. The third kappa shape index (κ3) is 6.28.